The number of hydrogen-bond donors (Lipinski definition) is 0. The fourth-order valence-corrected chi connectivity index (χ4v) is 2.88. The maximum Gasteiger partial charge on any atom is 0.311 e. The molecule has 4 aromatic rings. The maximum atomic E-state index is 14.1. The molecule has 28 heavy (non-hydrogen) atoms. The number of aromatic nitrogens is 4. The predicted molar refractivity (Wildman–Crippen MR) is 98.2 cm³/mol. The molecule has 0 N–H and O–H groups in total. The van der Waals surface area contributed by atoms with E-state index >= 15 is 0 Å². The molecule has 0 atom stereocenters. The third-order valence-corrected chi connectivity index (χ3v) is 4.52. The standard InChI is InChI=1S/C18H10BrF3N4O2/c1-25-8-23-15-16(25)24-18(28-12-7-6-11(20)13(21)14(12)22)26(17(15)27)10-4-2-9(19)3-5-10/h2-8H,1H3. The van der Waals surface area contributed by atoms with E-state index in [0.29, 0.717) is 5.69 Å². The molecule has 0 unspecified atom stereocenters. The molecular weight excluding hydrogens is 441 g/mol. The van der Waals surface area contributed by atoms with Crippen LogP contribution in [-0.4, -0.2) is 19.1 Å². The molecule has 0 spiro atoms. The second kappa shape index (κ2) is 6.79. The first-order valence-electron chi connectivity index (χ1n) is 7.88. The smallest absolute Gasteiger partial charge is 0.311 e. The molecule has 2 aromatic heterocycles. The maximum absolute atomic E-state index is 14.1. The van der Waals surface area contributed by atoms with Gasteiger partial charge in [0.15, 0.2) is 28.5 Å². The number of ether oxygens (including phenoxy) is 1. The van der Waals surface area contributed by atoms with Crippen molar-refractivity contribution in [1.82, 2.24) is 19.1 Å². The third kappa shape index (κ3) is 2.95. The Kier molecular flexibility index (Phi) is 4.42. The summed E-state index contributed by atoms with van der Waals surface area (Å²) in [4.78, 5) is 21.2. The van der Waals surface area contributed by atoms with E-state index in [-0.39, 0.29) is 17.2 Å². The van der Waals surface area contributed by atoms with Gasteiger partial charge in [-0.15, -0.1) is 0 Å². The number of nitrogens with zero attached hydrogens (tertiary/aromatic N) is 4. The Morgan fingerprint density at radius 2 is 1.75 bits per heavy atom. The van der Waals surface area contributed by atoms with Gasteiger partial charge in [0.2, 0.25) is 5.82 Å². The first-order chi connectivity index (χ1) is 13.4. The topological polar surface area (TPSA) is 61.9 Å². The summed E-state index contributed by atoms with van der Waals surface area (Å²) in [5.41, 5.74) is 0.0667. The van der Waals surface area contributed by atoms with E-state index in [1.165, 1.54) is 10.9 Å². The molecule has 0 saturated heterocycles. The molecule has 0 radical (unpaired) electrons. The fourth-order valence-electron chi connectivity index (χ4n) is 2.61. The zero-order chi connectivity index (χ0) is 20.0. The fraction of sp³-hybridized carbons (Fsp3) is 0.0556. The number of rotatable bonds is 3. The Morgan fingerprint density at radius 3 is 2.46 bits per heavy atom. The van der Waals surface area contributed by atoms with Gasteiger partial charge in [-0.3, -0.25) is 4.79 Å². The van der Waals surface area contributed by atoms with E-state index in [9.17, 15) is 18.0 Å². The van der Waals surface area contributed by atoms with Crippen molar-refractivity contribution in [1.29, 1.82) is 0 Å². The lowest BCUT2D eigenvalue weighted by molar-refractivity contribution is 0.371. The molecular formula is C18H10BrF3N4O2. The van der Waals surface area contributed by atoms with Crippen molar-refractivity contribution >= 4 is 27.1 Å². The summed E-state index contributed by atoms with van der Waals surface area (Å²) in [6.45, 7) is 0. The van der Waals surface area contributed by atoms with Crippen LogP contribution in [0.15, 0.2) is 52.0 Å². The number of hydrogen-bond acceptors (Lipinski definition) is 4. The van der Waals surface area contributed by atoms with E-state index in [0.717, 1.165) is 21.2 Å². The number of aryl methyl sites for hydroxylation is 1. The van der Waals surface area contributed by atoms with Crippen LogP contribution in [0.1, 0.15) is 0 Å². The SMILES string of the molecule is Cn1cnc2c(=O)n(-c3ccc(Br)cc3)c(Oc3ccc(F)c(F)c3F)nc21. The highest BCUT2D eigenvalue weighted by molar-refractivity contribution is 9.10. The van der Waals surface area contributed by atoms with E-state index in [4.69, 9.17) is 4.74 Å². The molecule has 0 fully saturated rings. The van der Waals surface area contributed by atoms with Crippen LogP contribution in [0.5, 0.6) is 11.8 Å². The molecule has 2 aromatic carbocycles. The second-order valence-corrected chi connectivity index (χ2v) is 6.73. The summed E-state index contributed by atoms with van der Waals surface area (Å²) < 4.78 is 49.6. The Morgan fingerprint density at radius 1 is 1.04 bits per heavy atom. The summed E-state index contributed by atoms with van der Waals surface area (Å²) in [7, 11) is 1.62. The Balaban J connectivity index is 1.97. The monoisotopic (exact) mass is 450 g/mol. The Hall–Kier alpha value is -3.14. The molecule has 10 heteroatoms. The van der Waals surface area contributed by atoms with E-state index in [2.05, 4.69) is 25.9 Å². The zero-order valence-corrected chi connectivity index (χ0v) is 15.7. The van der Waals surface area contributed by atoms with E-state index < -0.39 is 28.8 Å². The van der Waals surface area contributed by atoms with Crippen molar-refractivity contribution in [2.45, 2.75) is 0 Å². The van der Waals surface area contributed by atoms with Crippen LogP contribution in [0.2, 0.25) is 0 Å². The molecule has 0 aliphatic rings. The minimum absolute atomic E-state index is 0.0727. The lowest BCUT2D eigenvalue weighted by Gasteiger charge is -2.13. The van der Waals surface area contributed by atoms with Gasteiger partial charge in [-0.1, -0.05) is 15.9 Å². The van der Waals surface area contributed by atoms with Crippen molar-refractivity contribution in [3.8, 4) is 17.4 Å². The number of imidazole rings is 1. The average molecular weight is 451 g/mol. The first-order valence-corrected chi connectivity index (χ1v) is 8.67. The number of halogens is 4. The summed E-state index contributed by atoms with van der Waals surface area (Å²) in [5.74, 6) is -5.18. The molecule has 0 aliphatic heterocycles. The van der Waals surface area contributed by atoms with Crippen LogP contribution in [0.4, 0.5) is 13.2 Å². The van der Waals surface area contributed by atoms with Crippen LogP contribution in [0.25, 0.3) is 16.9 Å². The summed E-state index contributed by atoms with van der Waals surface area (Å²) >= 11 is 3.30. The second-order valence-electron chi connectivity index (χ2n) is 5.81. The van der Waals surface area contributed by atoms with Crippen LogP contribution in [0.3, 0.4) is 0 Å². The van der Waals surface area contributed by atoms with Crippen LogP contribution in [0, 0.1) is 17.5 Å². The Bertz CT molecular complexity index is 1270. The minimum atomic E-state index is -1.68. The molecule has 142 valence electrons. The van der Waals surface area contributed by atoms with Gasteiger partial charge in [0.05, 0.1) is 12.0 Å². The number of fused-ring (bicyclic) bond motifs is 1. The van der Waals surface area contributed by atoms with Gasteiger partial charge in [-0.25, -0.2) is 18.3 Å². The highest BCUT2D eigenvalue weighted by atomic mass is 79.9. The van der Waals surface area contributed by atoms with Crippen LogP contribution >= 0.6 is 15.9 Å². The molecule has 4 rings (SSSR count). The Labute approximate surface area is 164 Å². The molecule has 0 amide bonds. The summed E-state index contributed by atoms with van der Waals surface area (Å²) in [5, 5.41) is 0. The highest BCUT2D eigenvalue weighted by Gasteiger charge is 2.21. The van der Waals surface area contributed by atoms with Gasteiger partial charge in [-0.05, 0) is 36.4 Å². The molecule has 0 bridgehead atoms. The zero-order valence-electron chi connectivity index (χ0n) is 14.2. The van der Waals surface area contributed by atoms with Crippen molar-refractivity contribution in [2.24, 2.45) is 7.05 Å². The lowest BCUT2D eigenvalue weighted by atomic mass is 10.3. The van der Waals surface area contributed by atoms with Crippen molar-refractivity contribution in [3.05, 3.63) is 75.0 Å². The summed E-state index contributed by atoms with van der Waals surface area (Å²) in [6, 6.07) is 7.90. The minimum Gasteiger partial charge on any atom is -0.422 e. The molecule has 0 saturated carbocycles. The van der Waals surface area contributed by atoms with Crippen molar-refractivity contribution in [3.63, 3.8) is 0 Å². The van der Waals surface area contributed by atoms with Crippen LogP contribution < -0.4 is 10.3 Å². The van der Waals surface area contributed by atoms with Crippen molar-refractivity contribution in [2.75, 3.05) is 0 Å². The van der Waals surface area contributed by atoms with Gasteiger partial charge in [0.25, 0.3) is 5.56 Å². The summed E-state index contributed by atoms with van der Waals surface area (Å²) in [6.07, 6.45) is 1.40. The van der Waals surface area contributed by atoms with Crippen molar-refractivity contribution < 1.29 is 17.9 Å². The highest BCUT2D eigenvalue weighted by Crippen LogP contribution is 2.28. The van der Waals surface area contributed by atoms with Gasteiger partial charge < -0.3 is 9.30 Å². The van der Waals surface area contributed by atoms with Gasteiger partial charge >= 0.3 is 6.01 Å². The third-order valence-electron chi connectivity index (χ3n) is 3.99. The van der Waals surface area contributed by atoms with Gasteiger partial charge in [0, 0.05) is 11.5 Å². The predicted octanol–water partition coefficient (Wildman–Crippen LogP) is 4.09. The van der Waals surface area contributed by atoms with Gasteiger partial charge in [0.1, 0.15) is 0 Å². The first kappa shape index (κ1) is 18.2. The molecule has 0 aliphatic carbocycles. The molecule has 6 nitrogen and oxygen atoms in total. The largest absolute Gasteiger partial charge is 0.422 e. The molecule has 2 heterocycles. The van der Waals surface area contributed by atoms with E-state index in [1.807, 2.05) is 0 Å². The van der Waals surface area contributed by atoms with E-state index in [1.54, 1.807) is 31.3 Å². The van der Waals surface area contributed by atoms with Crippen LogP contribution in [-0.2, 0) is 7.05 Å². The number of benzene rings is 2. The lowest BCUT2D eigenvalue weighted by Crippen LogP contribution is -2.22. The average Bonchev–Trinajstić information content (AvgIpc) is 3.05. The quantitative estimate of drug-likeness (QED) is 0.441. The van der Waals surface area contributed by atoms with Gasteiger partial charge in [-0.2, -0.15) is 9.37 Å². The normalized spacial score (nSPS) is 11.2.